The Morgan fingerprint density at radius 1 is 1.38 bits per heavy atom. The Morgan fingerprint density at radius 2 is 2.14 bits per heavy atom. The standard InChI is InChI=1S/C15H17N3O2.ClH/c1-11-10-16-7-8-18(11)15(19)13-9-14(20-17-13)12-5-3-2-4-6-12;/h2-6,9,11,16H,7-8,10H2,1H3;1H/t11-;/m0./s1. The van der Waals surface area contributed by atoms with E-state index in [2.05, 4.69) is 10.5 Å². The first-order valence-electron chi connectivity index (χ1n) is 6.79. The first-order chi connectivity index (χ1) is 9.75. The molecule has 3 rings (SSSR count). The molecule has 1 atom stereocenters. The van der Waals surface area contributed by atoms with Crippen LogP contribution in [0.25, 0.3) is 11.3 Å². The molecule has 1 aliphatic rings. The quantitative estimate of drug-likeness (QED) is 0.924. The summed E-state index contributed by atoms with van der Waals surface area (Å²) in [5, 5.41) is 7.18. The third-order valence-electron chi connectivity index (χ3n) is 3.55. The number of piperazine rings is 1. The van der Waals surface area contributed by atoms with Crippen LogP contribution in [0, 0.1) is 0 Å². The van der Waals surface area contributed by atoms with E-state index in [0.717, 1.165) is 18.7 Å². The van der Waals surface area contributed by atoms with Crippen molar-refractivity contribution in [2.24, 2.45) is 0 Å². The molecule has 0 saturated carbocycles. The maximum atomic E-state index is 12.4. The molecule has 1 amide bonds. The number of nitrogens with zero attached hydrogens (tertiary/aromatic N) is 2. The number of amides is 1. The average Bonchev–Trinajstić information content (AvgIpc) is 2.98. The van der Waals surface area contributed by atoms with E-state index in [4.69, 9.17) is 4.52 Å². The normalized spacial score (nSPS) is 18.1. The summed E-state index contributed by atoms with van der Waals surface area (Å²) < 4.78 is 5.28. The van der Waals surface area contributed by atoms with Crippen LogP contribution in [0.4, 0.5) is 0 Å². The molecule has 1 fully saturated rings. The third kappa shape index (κ3) is 3.25. The molecule has 1 aromatic heterocycles. The van der Waals surface area contributed by atoms with Crippen molar-refractivity contribution in [3.63, 3.8) is 0 Å². The summed E-state index contributed by atoms with van der Waals surface area (Å²) >= 11 is 0. The van der Waals surface area contributed by atoms with Crippen molar-refractivity contribution in [3.8, 4) is 11.3 Å². The van der Waals surface area contributed by atoms with E-state index in [-0.39, 0.29) is 24.4 Å². The number of rotatable bonds is 2. The Labute approximate surface area is 129 Å². The summed E-state index contributed by atoms with van der Waals surface area (Å²) in [6.45, 7) is 4.37. The van der Waals surface area contributed by atoms with Gasteiger partial charge in [-0.15, -0.1) is 12.4 Å². The van der Waals surface area contributed by atoms with E-state index in [0.29, 0.717) is 18.0 Å². The molecule has 5 nitrogen and oxygen atoms in total. The second-order valence-corrected chi connectivity index (χ2v) is 4.99. The zero-order chi connectivity index (χ0) is 13.9. The molecule has 21 heavy (non-hydrogen) atoms. The minimum Gasteiger partial charge on any atom is -0.355 e. The molecule has 2 heterocycles. The highest BCUT2D eigenvalue weighted by Crippen LogP contribution is 2.21. The van der Waals surface area contributed by atoms with Gasteiger partial charge < -0.3 is 14.7 Å². The molecule has 0 unspecified atom stereocenters. The van der Waals surface area contributed by atoms with Crippen LogP contribution in [0.3, 0.4) is 0 Å². The molecular formula is C15H18ClN3O2. The fraction of sp³-hybridized carbons (Fsp3) is 0.333. The van der Waals surface area contributed by atoms with E-state index in [9.17, 15) is 4.79 Å². The minimum absolute atomic E-state index is 0. The van der Waals surface area contributed by atoms with Crippen LogP contribution in [0.1, 0.15) is 17.4 Å². The van der Waals surface area contributed by atoms with Crippen LogP contribution in [0.15, 0.2) is 40.9 Å². The molecule has 0 bridgehead atoms. The van der Waals surface area contributed by atoms with Crippen LogP contribution in [-0.2, 0) is 0 Å². The molecular weight excluding hydrogens is 290 g/mol. The van der Waals surface area contributed by atoms with Gasteiger partial charge in [-0.05, 0) is 6.92 Å². The van der Waals surface area contributed by atoms with E-state index in [1.165, 1.54) is 0 Å². The highest BCUT2D eigenvalue weighted by molar-refractivity contribution is 5.93. The van der Waals surface area contributed by atoms with Crippen LogP contribution < -0.4 is 5.32 Å². The molecule has 1 aliphatic heterocycles. The second-order valence-electron chi connectivity index (χ2n) is 4.99. The summed E-state index contributed by atoms with van der Waals surface area (Å²) in [5.74, 6) is 0.557. The van der Waals surface area contributed by atoms with Gasteiger partial charge in [-0.2, -0.15) is 0 Å². The number of aromatic nitrogens is 1. The predicted molar refractivity (Wildman–Crippen MR) is 82.6 cm³/mol. The molecule has 112 valence electrons. The maximum absolute atomic E-state index is 12.4. The van der Waals surface area contributed by atoms with E-state index >= 15 is 0 Å². The zero-order valence-electron chi connectivity index (χ0n) is 11.8. The van der Waals surface area contributed by atoms with Gasteiger partial charge in [0.25, 0.3) is 5.91 Å². The summed E-state index contributed by atoms with van der Waals surface area (Å²) in [4.78, 5) is 14.3. The number of carbonyl (C=O) groups excluding carboxylic acids is 1. The van der Waals surface area contributed by atoms with Gasteiger partial charge >= 0.3 is 0 Å². The van der Waals surface area contributed by atoms with Crippen molar-refractivity contribution < 1.29 is 9.32 Å². The van der Waals surface area contributed by atoms with Crippen molar-refractivity contribution in [3.05, 3.63) is 42.1 Å². The Kier molecular flexibility index (Phi) is 4.98. The number of hydrogen-bond acceptors (Lipinski definition) is 4. The largest absolute Gasteiger partial charge is 0.355 e. The fourth-order valence-corrected chi connectivity index (χ4v) is 2.40. The summed E-state index contributed by atoms with van der Waals surface area (Å²) in [6.07, 6.45) is 0. The van der Waals surface area contributed by atoms with Gasteiger partial charge in [0.1, 0.15) is 0 Å². The highest BCUT2D eigenvalue weighted by atomic mass is 35.5. The Bertz CT molecular complexity index is 600. The third-order valence-corrected chi connectivity index (χ3v) is 3.55. The van der Waals surface area contributed by atoms with Crippen LogP contribution in [-0.4, -0.2) is 41.6 Å². The number of nitrogens with one attached hydrogen (secondary N) is 1. The van der Waals surface area contributed by atoms with Crippen molar-refractivity contribution in [2.75, 3.05) is 19.6 Å². The summed E-state index contributed by atoms with van der Waals surface area (Å²) in [5.41, 5.74) is 1.30. The number of halogens is 1. The van der Waals surface area contributed by atoms with Gasteiger partial charge in [-0.3, -0.25) is 4.79 Å². The van der Waals surface area contributed by atoms with E-state index < -0.39 is 0 Å². The summed E-state index contributed by atoms with van der Waals surface area (Å²) in [7, 11) is 0. The molecule has 2 aromatic rings. The van der Waals surface area contributed by atoms with Gasteiger partial charge in [0.05, 0.1) is 0 Å². The monoisotopic (exact) mass is 307 g/mol. The SMILES string of the molecule is C[C@H]1CNCCN1C(=O)c1cc(-c2ccccc2)on1.Cl. The van der Waals surface area contributed by atoms with E-state index in [1.54, 1.807) is 6.07 Å². The Morgan fingerprint density at radius 3 is 2.86 bits per heavy atom. The summed E-state index contributed by atoms with van der Waals surface area (Å²) in [6, 6.07) is 11.5. The van der Waals surface area contributed by atoms with Crippen molar-refractivity contribution in [1.82, 2.24) is 15.4 Å². The van der Waals surface area contributed by atoms with Crippen LogP contribution in [0.5, 0.6) is 0 Å². The van der Waals surface area contributed by atoms with Crippen molar-refractivity contribution in [1.29, 1.82) is 0 Å². The average molecular weight is 308 g/mol. The Hall–Kier alpha value is -1.85. The fourth-order valence-electron chi connectivity index (χ4n) is 2.40. The molecule has 1 N–H and O–H groups in total. The number of hydrogen-bond donors (Lipinski definition) is 1. The van der Waals surface area contributed by atoms with Crippen LogP contribution in [0.2, 0.25) is 0 Å². The van der Waals surface area contributed by atoms with Gasteiger partial charge in [0.15, 0.2) is 11.5 Å². The first-order valence-corrected chi connectivity index (χ1v) is 6.79. The molecule has 0 aliphatic carbocycles. The first kappa shape index (κ1) is 15.5. The van der Waals surface area contributed by atoms with Gasteiger partial charge in [0.2, 0.25) is 0 Å². The van der Waals surface area contributed by atoms with Crippen LogP contribution >= 0.6 is 12.4 Å². The molecule has 1 aromatic carbocycles. The predicted octanol–water partition coefficient (Wildman–Crippen LogP) is 2.20. The van der Waals surface area contributed by atoms with Gasteiger partial charge in [-0.1, -0.05) is 35.5 Å². The van der Waals surface area contributed by atoms with Gasteiger partial charge in [0, 0.05) is 37.3 Å². The minimum atomic E-state index is -0.0649. The molecule has 6 heteroatoms. The Balaban J connectivity index is 0.00000161. The molecule has 0 spiro atoms. The van der Waals surface area contributed by atoms with Gasteiger partial charge in [-0.25, -0.2) is 0 Å². The zero-order valence-corrected chi connectivity index (χ0v) is 12.6. The van der Waals surface area contributed by atoms with Crippen molar-refractivity contribution in [2.45, 2.75) is 13.0 Å². The lowest BCUT2D eigenvalue weighted by molar-refractivity contribution is 0.0645. The number of benzene rings is 1. The highest BCUT2D eigenvalue weighted by Gasteiger charge is 2.26. The molecule has 0 radical (unpaired) electrons. The lowest BCUT2D eigenvalue weighted by Gasteiger charge is -2.33. The smallest absolute Gasteiger partial charge is 0.276 e. The second kappa shape index (κ2) is 6.74. The molecule has 1 saturated heterocycles. The lowest BCUT2D eigenvalue weighted by atomic mass is 10.1. The maximum Gasteiger partial charge on any atom is 0.276 e. The van der Waals surface area contributed by atoms with Crippen molar-refractivity contribution >= 4 is 18.3 Å². The lowest BCUT2D eigenvalue weighted by Crippen LogP contribution is -2.52. The van der Waals surface area contributed by atoms with E-state index in [1.807, 2.05) is 42.2 Å². The number of carbonyl (C=O) groups is 1. The topological polar surface area (TPSA) is 58.4 Å².